The van der Waals surface area contributed by atoms with Gasteiger partial charge in [0.1, 0.15) is 5.82 Å². The molecule has 0 radical (unpaired) electrons. The van der Waals surface area contributed by atoms with Crippen LogP contribution in [0.4, 0.5) is 4.39 Å². The number of piperidine rings is 1. The van der Waals surface area contributed by atoms with E-state index in [1.165, 1.54) is 17.7 Å². The van der Waals surface area contributed by atoms with E-state index in [0.717, 1.165) is 24.0 Å². The molecule has 0 bridgehead atoms. The lowest BCUT2D eigenvalue weighted by molar-refractivity contribution is -0.0850. The van der Waals surface area contributed by atoms with E-state index < -0.39 is 5.60 Å². The van der Waals surface area contributed by atoms with Gasteiger partial charge >= 0.3 is 0 Å². The first kappa shape index (κ1) is 22.5. The summed E-state index contributed by atoms with van der Waals surface area (Å²) in [7, 11) is 0. The van der Waals surface area contributed by atoms with Gasteiger partial charge in [-0.05, 0) is 35.2 Å². The van der Waals surface area contributed by atoms with Crippen molar-refractivity contribution in [3.63, 3.8) is 0 Å². The average molecular weight is 426 g/mol. The molecule has 1 saturated heterocycles. The van der Waals surface area contributed by atoms with Gasteiger partial charge in [-0.25, -0.2) is 4.39 Å². The van der Waals surface area contributed by atoms with Crippen LogP contribution in [0.1, 0.15) is 55.0 Å². The van der Waals surface area contributed by atoms with E-state index in [1.807, 2.05) is 36.4 Å². The lowest BCUT2D eigenvalue weighted by atomic mass is 9.66. The molecule has 1 aliphatic heterocycles. The lowest BCUT2D eigenvalue weighted by Gasteiger charge is -2.49. The molecule has 0 aliphatic carbocycles. The fourth-order valence-electron chi connectivity index (χ4n) is 4.81. The molecule has 4 rings (SSSR count). The SMILES string of the molecule is CCCC1C(c2ccccc2)NC(c2ccccc2)CC1(O)c1ccc(F)cc1.Cl. The molecule has 0 saturated carbocycles. The van der Waals surface area contributed by atoms with Gasteiger partial charge < -0.3 is 10.4 Å². The highest BCUT2D eigenvalue weighted by Crippen LogP contribution is 2.50. The highest BCUT2D eigenvalue weighted by molar-refractivity contribution is 5.85. The van der Waals surface area contributed by atoms with Crippen LogP contribution in [-0.2, 0) is 5.60 Å². The number of halogens is 2. The Morgan fingerprint density at radius 3 is 2.03 bits per heavy atom. The molecule has 0 spiro atoms. The minimum atomic E-state index is -1.05. The van der Waals surface area contributed by atoms with Crippen LogP contribution in [0.5, 0.6) is 0 Å². The maximum Gasteiger partial charge on any atom is 0.123 e. The van der Waals surface area contributed by atoms with Crippen LogP contribution in [0.3, 0.4) is 0 Å². The molecule has 2 nitrogen and oxygen atoms in total. The largest absolute Gasteiger partial charge is 0.385 e. The Labute approximate surface area is 184 Å². The van der Waals surface area contributed by atoms with E-state index in [9.17, 15) is 9.50 Å². The van der Waals surface area contributed by atoms with Crippen molar-refractivity contribution in [2.45, 2.75) is 43.9 Å². The van der Waals surface area contributed by atoms with Crippen molar-refractivity contribution in [1.29, 1.82) is 0 Å². The Morgan fingerprint density at radius 2 is 1.47 bits per heavy atom. The normalized spacial score (nSPS) is 26.0. The predicted octanol–water partition coefficient (Wildman–Crippen LogP) is 6.33. The second-order valence-corrected chi connectivity index (χ2v) is 8.05. The molecule has 3 aromatic rings. The Kier molecular flexibility index (Phi) is 7.30. The van der Waals surface area contributed by atoms with Gasteiger partial charge in [0.25, 0.3) is 0 Å². The monoisotopic (exact) mass is 425 g/mol. The number of benzene rings is 3. The molecule has 158 valence electrons. The molecule has 30 heavy (non-hydrogen) atoms. The zero-order valence-corrected chi connectivity index (χ0v) is 18.0. The third-order valence-corrected chi connectivity index (χ3v) is 6.22. The van der Waals surface area contributed by atoms with E-state index in [2.05, 4.69) is 36.5 Å². The van der Waals surface area contributed by atoms with Crippen LogP contribution in [-0.4, -0.2) is 5.11 Å². The standard InChI is InChI=1S/C26H28FNO.ClH/c1-2-9-23-25(20-12-7-4-8-13-20)28-24(19-10-5-3-6-11-19)18-26(23,29)21-14-16-22(27)17-15-21;/h3-8,10-17,23-25,28-29H,2,9,18H2,1H3;1H. The molecule has 1 aliphatic rings. The van der Waals surface area contributed by atoms with Crippen molar-refractivity contribution in [1.82, 2.24) is 5.32 Å². The number of aliphatic hydroxyl groups is 1. The molecule has 4 unspecified atom stereocenters. The van der Waals surface area contributed by atoms with Crippen LogP contribution in [0, 0.1) is 11.7 Å². The summed E-state index contributed by atoms with van der Waals surface area (Å²) in [5.74, 6) is -0.294. The summed E-state index contributed by atoms with van der Waals surface area (Å²) < 4.78 is 13.6. The first-order chi connectivity index (χ1) is 14.1. The molecular weight excluding hydrogens is 397 g/mol. The van der Waals surface area contributed by atoms with E-state index in [4.69, 9.17) is 0 Å². The van der Waals surface area contributed by atoms with Gasteiger partial charge in [-0.15, -0.1) is 12.4 Å². The number of hydrogen-bond donors (Lipinski definition) is 2. The van der Waals surface area contributed by atoms with E-state index in [-0.39, 0.29) is 36.2 Å². The molecule has 0 aromatic heterocycles. The smallest absolute Gasteiger partial charge is 0.123 e. The van der Waals surface area contributed by atoms with Gasteiger partial charge in [-0.2, -0.15) is 0 Å². The third-order valence-electron chi connectivity index (χ3n) is 6.22. The fraction of sp³-hybridized carbons (Fsp3) is 0.308. The molecule has 1 heterocycles. The van der Waals surface area contributed by atoms with Crippen molar-refractivity contribution in [2.24, 2.45) is 5.92 Å². The van der Waals surface area contributed by atoms with Crippen molar-refractivity contribution in [2.75, 3.05) is 0 Å². The minimum Gasteiger partial charge on any atom is -0.385 e. The van der Waals surface area contributed by atoms with Gasteiger partial charge in [-0.1, -0.05) is 86.1 Å². The van der Waals surface area contributed by atoms with Crippen LogP contribution in [0.15, 0.2) is 84.9 Å². The van der Waals surface area contributed by atoms with Crippen molar-refractivity contribution < 1.29 is 9.50 Å². The second-order valence-electron chi connectivity index (χ2n) is 8.05. The summed E-state index contributed by atoms with van der Waals surface area (Å²) in [4.78, 5) is 0. The highest BCUT2D eigenvalue weighted by Gasteiger charge is 2.48. The lowest BCUT2D eigenvalue weighted by Crippen LogP contribution is -2.51. The molecule has 4 heteroatoms. The molecule has 3 aromatic carbocycles. The number of nitrogens with one attached hydrogen (secondary N) is 1. The topological polar surface area (TPSA) is 32.3 Å². The van der Waals surface area contributed by atoms with Gasteiger partial charge in [-0.3, -0.25) is 0 Å². The van der Waals surface area contributed by atoms with Gasteiger partial charge in [0.15, 0.2) is 0 Å². The summed E-state index contributed by atoms with van der Waals surface area (Å²) in [5, 5.41) is 15.9. The summed E-state index contributed by atoms with van der Waals surface area (Å²) in [6, 6.07) is 27.0. The summed E-state index contributed by atoms with van der Waals surface area (Å²) >= 11 is 0. The Balaban J connectivity index is 0.00000256. The molecular formula is C26H29ClFNO. The maximum absolute atomic E-state index is 13.6. The van der Waals surface area contributed by atoms with Crippen LogP contribution in [0.2, 0.25) is 0 Å². The van der Waals surface area contributed by atoms with Gasteiger partial charge in [0.2, 0.25) is 0 Å². The molecule has 1 fully saturated rings. The van der Waals surface area contributed by atoms with Crippen molar-refractivity contribution in [3.05, 3.63) is 107 Å². The minimum absolute atomic E-state index is 0. The first-order valence-corrected chi connectivity index (χ1v) is 10.5. The third kappa shape index (κ3) is 4.44. The average Bonchev–Trinajstić information content (AvgIpc) is 2.77. The van der Waals surface area contributed by atoms with E-state index in [1.54, 1.807) is 12.1 Å². The van der Waals surface area contributed by atoms with Crippen molar-refractivity contribution >= 4 is 12.4 Å². The second kappa shape index (κ2) is 9.74. The first-order valence-electron chi connectivity index (χ1n) is 10.5. The number of rotatable bonds is 5. The van der Waals surface area contributed by atoms with Gasteiger partial charge in [0, 0.05) is 24.4 Å². The van der Waals surface area contributed by atoms with Crippen molar-refractivity contribution in [3.8, 4) is 0 Å². The van der Waals surface area contributed by atoms with Crippen LogP contribution >= 0.6 is 12.4 Å². The van der Waals surface area contributed by atoms with Crippen LogP contribution in [0.25, 0.3) is 0 Å². The molecule has 4 atom stereocenters. The quantitative estimate of drug-likeness (QED) is 0.500. The Morgan fingerprint density at radius 1 is 0.900 bits per heavy atom. The maximum atomic E-state index is 13.6. The zero-order chi connectivity index (χ0) is 20.3. The fourth-order valence-corrected chi connectivity index (χ4v) is 4.81. The Bertz CT molecular complexity index is 919. The van der Waals surface area contributed by atoms with Gasteiger partial charge in [0.05, 0.1) is 5.60 Å². The highest BCUT2D eigenvalue weighted by atomic mass is 35.5. The number of hydrogen-bond acceptors (Lipinski definition) is 2. The van der Waals surface area contributed by atoms with E-state index >= 15 is 0 Å². The summed E-state index contributed by atoms with van der Waals surface area (Å²) in [6.07, 6.45) is 2.40. The summed E-state index contributed by atoms with van der Waals surface area (Å²) in [6.45, 7) is 2.15. The Hall–Kier alpha value is -2.20. The molecule has 0 amide bonds. The molecule has 2 N–H and O–H groups in total. The van der Waals surface area contributed by atoms with Crippen LogP contribution < -0.4 is 5.32 Å². The zero-order valence-electron chi connectivity index (χ0n) is 17.2. The van der Waals surface area contributed by atoms with E-state index in [0.29, 0.717) is 6.42 Å². The summed E-state index contributed by atoms with van der Waals surface area (Å²) in [5.41, 5.74) is 2.08. The predicted molar refractivity (Wildman–Crippen MR) is 122 cm³/mol.